The molecule has 1 atom stereocenters. The van der Waals surface area contributed by atoms with Crippen molar-refractivity contribution in [1.29, 1.82) is 5.26 Å². The van der Waals surface area contributed by atoms with Gasteiger partial charge in [-0.3, -0.25) is 4.79 Å². The number of aryl methyl sites for hydroxylation is 1. The molecule has 0 bridgehead atoms. The zero-order valence-electron chi connectivity index (χ0n) is 16.6. The zero-order valence-corrected chi connectivity index (χ0v) is 16.6. The lowest BCUT2D eigenvalue weighted by Gasteiger charge is -2.36. The molecule has 8 heteroatoms. The highest BCUT2D eigenvalue weighted by molar-refractivity contribution is 5.84. The van der Waals surface area contributed by atoms with Gasteiger partial charge in [0.1, 0.15) is 24.4 Å². The fraction of sp³-hybridized carbons (Fsp3) is 0.227. The molecule has 1 aromatic heterocycles. The summed E-state index contributed by atoms with van der Waals surface area (Å²) in [5, 5.41) is 12.2. The van der Waals surface area contributed by atoms with Crippen molar-refractivity contribution in [3.8, 4) is 11.8 Å². The van der Waals surface area contributed by atoms with Gasteiger partial charge in [0.2, 0.25) is 0 Å². The Hall–Kier alpha value is -3.67. The van der Waals surface area contributed by atoms with Gasteiger partial charge in [0, 0.05) is 23.8 Å². The van der Waals surface area contributed by atoms with E-state index in [0.29, 0.717) is 22.6 Å². The van der Waals surface area contributed by atoms with E-state index in [4.69, 9.17) is 14.2 Å². The molecule has 8 nitrogen and oxygen atoms in total. The van der Waals surface area contributed by atoms with Crippen LogP contribution in [0.25, 0.3) is 10.9 Å². The number of hydrazine groups is 1. The van der Waals surface area contributed by atoms with Gasteiger partial charge in [-0.25, -0.2) is 15.4 Å². The maximum atomic E-state index is 11.6. The minimum absolute atomic E-state index is 0.0105. The zero-order chi connectivity index (χ0) is 21.1. The Morgan fingerprint density at radius 2 is 2.10 bits per heavy atom. The minimum Gasteiger partial charge on any atom is -0.486 e. The second kappa shape index (κ2) is 8.37. The average molecular weight is 404 g/mol. The molecule has 4 rings (SSSR count). The topological polar surface area (TPSA) is 96.7 Å². The molecule has 1 N–H and O–H groups in total. The number of carbonyl (C=O) groups excluding carboxylic acids is 1. The molecule has 0 spiro atoms. The number of hydrogen-bond donors (Lipinski definition) is 1. The van der Waals surface area contributed by atoms with Crippen LogP contribution in [0.4, 0.5) is 5.69 Å². The van der Waals surface area contributed by atoms with Gasteiger partial charge in [-0.1, -0.05) is 24.3 Å². The van der Waals surface area contributed by atoms with Crippen molar-refractivity contribution in [2.24, 2.45) is 0 Å². The third-order valence-corrected chi connectivity index (χ3v) is 4.76. The van der Waals surface area contributed by atoms with Crippen molar-refractivity contribution < 1.29 is 19.0 Å². The maximum absolute atomic E-state index is 11.6. The summed E-state index contributed by atoms with van der Waals surface area (Å²) in [5.41, 5.74) is 6.32. The molecule has 30 heavy (non-hydrogen) atoms. The van der Waals surface area contributed by atoms with Gasteiger partial charge >= 0.3 is 5.97 Å². The van der Waals surface area contributed by atoms with Gasteiger partial charge in [-0.15, -0.1) is 0 Å². The van der Waals surface area contributed by atoms with Gasteiger partial charge in [0.25, 0.3) is 6.41 Å². The molecule has 1 aliphatic rings. The lowest BCUT2D eigenvalue weighted by atomic mass is 10.1. The number of fused-ring (bicyclic) bond motifs is 1. The maximum Gasteiger partial charge on any atom is 0.325 e. The van der Waals surface area contributed by atoms with Gasteiger partial charge in [0.05, 0.1) is 17.3 Å². The number of pyridine rings is 1. The van der Waals surface area contributed by atoms with Gasteiger partial charge < -0.3 is 14.2 Å². The molecule has 2 heterocycles. The Morgan fingerprint density at radius 3 is 2.90 bits per heavy atom. The van der Waals surface area contributed by atoms with E-state index in [1.807, 2.05) is 43.3 Å². The van der Waals surface area contributed by atoms with Crippen LogP contribution in [0.5, 0.6) is 5.75 Å². The highest BCUT2D eigenvalue weighted by Crippen LogP contribution is 2.30. The summed E-state index contributed by atoms with van der Waals surface area (Å²) < 4.78 is 16.6. The van der Waals surface area contributed by atoms with Crippen molar-refractivity contribution in [2.45, 2.75) is 19.9 Å². The Labute approximate surface area is 173 Å². The van der Waals surface area contributed by atoms with E-state index in [0.717, 1.165) is 16.6 Å². The minimum atomic E-state index is -0.958. The van der Waals surface area contributed by atoms with Crippen molar-refractivity contribution >= 4 is 22.6 Å². The number of nitrogens with zero attached hydrogens (tertiary/aromatic N) is 3. The first kappa shape index (κ1) is 19.6. The van der Waals surface area contributed by atoms with E-state index in [2.05, 4.69) is 16.5 Å². The molecule has 0 aliphatic carbocycles. The molecule has 1 saturated heterocycles. The predicted molar refractivity (Wildman–Crippen MR) is 109 cm³/mol. The Morgan fingerprint density at radius 1 is 1.27 bits per heavy atom. The van der Waals surface area contributed by atoms with Crippen LogP contribution in [0, 0.1) is 18.3 Å². The van der Waals surface area contributed by atoms with E-state index in [9.17, 15) is 10.1 Å². The number of nitrogens with one attached hydrogen (secondary N) is 1. The van der Waals surface area contributed by atoms with Crippen LogP contribution in [0.15, 0.2) is 48.5 Å². The highest BCUT2D eigenvalue weighted by atomic mass is 16.7. The number of nitriles is 1. The van der Waals surface area contributed by atoms with Crippen molar-refractivity contribution in [1.82, 2.24) is 10.4 Å². The number of cyclic esters (lactones) is 1. The van der Waals surface area contributed by atoms with Gasteiger partial charge in [-0.2, -0.15) is 5.26 Å². The summed E-state index contributed by atoms with van der Waals surface area (Å²) in [6.45, 7) is 2.04. The van der Waals surface area contributed by atoms with E-state index < -0.39 is 12.4 Å². The molecular formula is C22H20N4O4. The third kappa shape index (κ3) is 3.76. The van der Waals surface area contributed by atoms with Crippen LogP contribution in [-0.2, 0) is 20.9 Å². The van der Waals surface area contributed by atoms with Crippen LogP contribution in [0.1, 0.15) is 16.8 Å². The molecule has 2 aromatic carbocycles. The smallest absolute Gasteiger partial charge is 0.325 e. The fourth-order valence-electron chi connectivity index (χ4n) is 3.32. The summed E-state index contributed by atoms with van der Waals surface area (Å²) >= 11 is 0. The van der Waals surface area contributed by atoms with Crippen LogP contribution in [0.2, 0.25) is 0 Å². The van der Waals surface area contributed by atoms with Crippen molar-refractivity contribution in [3.63, 3.8) is 0 Å². The molecular weight excluding hydrogens is 384 g/mol. The predicted octanol–water partition coefficient (Wildman–Crippen LogP) is 2.79. The van der Waals surface area contributed by atoms with Crippen LogP contribution >= 0.6 is 0 Å². The third-order valence-electron chi connectivity index (χ3n) is 4.76. The first-order chi connectivity index (χ1) is 14.6. The number of methoxy groups -OCH3 is 1. The average Bonchev–Trinajstić information content (AvgIpc) is 2.77. The largest absolute Gasteiger partial charge is 0.486 e. The second-order valence-corrected chi connectivity index (χ2v) is 6.72. The number of aromatic nitrogens is 1. The number of benzene rings is 2. The summed E-state index contributed by atoms with van der Waals surface area (Å²) in [6, 6.07) is 17.1. The van der Waals surface area contributed by atoms with Crippen LogP contribution in [-0.4, -0.2) is 31.0 Å². The fourth-order valence-corrected chi connectivity index (χ4v) is 3.32. The Bertz CT molecular complexity index is 1140. The molecule has 3 aromatic rings. The number of carbonyl (C=O) groups is 1. The van der Waals surface area contributed by atoms with Crippen molar-refractivity contribution in [2.75, 3.05) is 18.7 Å². The van der Waals surface area contributed by atoms with Crippen LogP contribution < -0.4 is 15.2 Å². The normalized spacial score (nSPS) is 16.2. The van der Waals surface area contributed by atoms with Gasteiger partial charge in [0.15, 0.2) is 0 Å². The summed E-state index contributed by atoms with van der Waals surface area (Å²) in [6.07, 6.45) is -0.958. The quantitative estimate of drug-likeness (QED) is 0.649. The molecule has 1 unspecified atom stereocenters. The molecule has 0 radical (unpaired) electrons. The molecule has 1 fully saturated rings. The number of esters is 1. The standard InChI is InChI=1S/C22H20N4O4/c1-14-9-10-15-5-4-8-19(21(15)25-14)29-13-17-16(11-23)6-3-7-18(17)26-22(28-2)30-20(27)12-24-26/h3-10,22,24H,12-13H2,1-2H3. The second-order valence-electron chi connectivity index (χ2n) is 6.72. The number of hydrogen-bond acceptors (Lipinski definition) is 8. The van der Waals surface area contributed by atoms with Gasteiger partial charge in [-0.05, 0) is 31.2 Å². The summed E-state index contributed by atoms with van der Waals surface area (Å²) in [7, 11) is 1.44. The number of rotatable bonds is 5. The van der Waals surface area contributed by atoms with Crippen molar-refractivity contribution in [3.05, 3.63) is 65.4 Å². The Kier molecular flexibility index (Phi) is 5.48. The first-order valence-electron chi connectivity index (χ1n) is 9.37. The van der Waals surface area contributed by atoms with E-state index in [-0.39, 0.29) is 13.2 Å². The summed E-state index contributed by atoms with van der Waals surface area (Å²) in [5.74, 6) is 0.195. The number of para-hydroxylation sites is 1. The first-order valence-corrected chi connectivity index (χ1v) is 9.37. The van der Waals surface area contributed by atoms with E-state index in [1.54, 1.807) is 17.1 Å². The number of ether oxygens (including phenoxy) is 3. The van der Waals surface area contributed by atoms with E-state index >= 15 is 0 Å². The SMILES string of the molecule is COC1OC(=O)CNN1c1cccc(C#N)c1COc1cccc2ccc(C)nc12. The molecule has 1 aliphatic heterocycles. The molecule has 0 saturated carbocycles. The van der Waals surface area contributed by atoms with E-state index in [1.165, 1.54) is 7.11 Å². The molecule has 152 valence electrons. The lowest BCUT2D eigenvalue weighted by molar-refractivity contribution is -0.181. The summed E-state index contributed by atoms with van der Waals surface area (Å²) in [4.78, 5) is 16.2. The molecule has 0 amide bonds. The van der Waals surface area contributed by atoms with Crippen LogP contribution in [0.3, 0.4) is 0 Å². The lowest BCUT2D eigenvalue weighted by Crippen LogP contribution is -2.56. The number of anilines is 1. The monoisotopic (exact) mass is 404 g/mol. The Balaban J connectivity index is 1.69. The highest BCUT2D eigenvalue weighted by Gasteiger charge is 2.30.